The van der Waals surface area contributed by atoms with Gasteiger partial charge in [0.25, 0.3) is 0 Å². The van der Waals surface area contributed by atoms with Crippen LogP contribution in [-0.4, -0.2) is 55.9 Å². The third-order valence-corrected chi connectivity index (χ3v) is 13.0. The average molecular weight is 505 g/mol. The lowest BCUT2D eigenvalue weighted by Gasteiger charge is -2.42. The number of allylic oxidation sites excluding steroid dienone is 1. The Morgan fingerprint density at radius 3 is 2.11 bits per heavy atom. The molecule has 0 unspecified atom stereocenters. The van der Waals surface area contributed by atoms with Gasteiger partial charge in [-0.3, -0.25) is 9.59 Å². The molecule has 0 saturated heterocycles. The summed E-state index contributed by atoms with van der Waals surface area (Å²) in [5.41, 5.74) is 2.44. The zero-order chi connectivity index (χ0) is 26.6. The van der Waals surface area contributed by atoms with Crippen molar-refractivity contribution in [1.29, 1.82) is 0 Å². The number of hydrogen-bond donors (Lipinski definition) is 2. The summed E-state index contributed by atoms with van der Waals surface area (Å²) in [6.45, 7) is 20.3. The Morgan fingerprint density at radius 2 is 1.63 bits per heavy atom. The molecule has 2 amide bonds. The first kappa shape index (κ1) is 31.1. The van der Waals surface area contributed by atoms with Crippen LogP contribution in [0.5, 0.6) is 0 Å². The molecule has 0 saturated carbocycles. The molecule has 35 heavy (non-hydrogen) atoms. The van der Waals surface area contributed by atoms with Crippen molar-refractivity contribution in [3.8, 4) is 0 Å². The fourth-order valence-corrected chi connectivity index (χ4v) is 10.6. The Bertz CT molecular complexity index is 761. The molecule has 1 rings (SSSR count). The van der Waals surface area contributed by atoms with Gasteiger partial charge in [-0.1, -0.05) is 78.0 Å². The van der Waals surface area contributed by atoms with Gasteiger partial charge >= 0.3 is 0 Å². The molecule has 198 valence electrons. The molecule has 0 spiro atoms. The van der Waals surface area contributed by atoms with Crippen LogP contribution in [0.1, 0.15) is 66.9 Å². The molecule has 2 N–H and O–H groups in total. The van der Waals surface area contributed by atoms with E-state index < -0.39 is 14.2 Å². The van der Waals surface area contributed by atoms with Gasteiger partial charge in [0, 0.05) is 25.6 Å². The van der Waals surface area contributed by atoms with Crippen LogP contribution in [0.3, 0.4) is 0 Å². The van der Waals surface area contributed by atoms with Gasteiger partial charge in [-0.25, -0.2) is 0 Å². The minimum Gasteiger partial charge on any atom is -0.414 e. The predicted molar refractivity (Wildman–Crippen MR) is 146 cm³/mol. The number of benzene rings is 1. The molecule has 7 heteroatoms. The zero-order valence-electron chi connectivity index (χ0n) is 22.9. The molecular weight excluding hydrogens is 456 g/mol. The van der Waals surface area contributed by atoms with Gasteiger partial charge in [0.2, 0.25) is 11.8 Å². The van der Waals surface area contributed by atoms with Gasteiger partial charge < -0.3 is 19.7 Å². The standard InChI is InChI=1S/C28H48N2O4Si/c1-9-13-26(28(33)29-24(8)20-31)18-27(32)30(19-25-14-11-10-12-15-25)16-17-34-35(21(2)3,22(4)5)23(6)7/h9-12,14-15,21-24,26,31H,1,13,16-20H2,2-8H3,(H,29,33)/t24-,26-/m0/s1. The maximum absolute atomic E-state index is 13.5. The van der Waals surface area contributed by atoms with Crippen LogP contribution in [0.2, 0.25) is 16.6 Å². The molecular formula is C28H48N2O4Si. The van der Waals surface area contributed by atoms with Crippen molar-refractivity contribution in [3.63, 3.8) is 0 Å². The van der Waals surface area contributed by atoms with Crippen molar-refractivity contribution in [2.75, 3.05) is 19.8 Å². The number of aliphatic hydroxyl groups is 1. The minimum atomic E-state index is -2.05. The summed E-state index contributed by atoms with van der Waals surface area (Å²) in [5.74, 6) is -0.841. The van der Waals surface area contributed by atoms with Crippen molar-refractivity contribution in [3.05, 3.63) is 48.6 Å². The second kappa shape index (κ2) is 15.2. The van der Waals surface area contributed by atoms with Crippen molar-refractivity contribution in [1.82, 2.24) is 10.2 Å². The highest BCUT2D eigenvalue weighted by molar-refractivity contribution is 6.77. The van der Waals surface area contributed by atoms with E-state index in [9.17, 15) is 14.7 Å². The van der Waals surface area contributed by atoms with E-state index in [1.807, 2.05) is 35.2 Å². The normalized spacial score (nSPS) is 13.7. The highest BCUT2D eigenvalue weighted by atomic mass is 28.4. The quantitative estimate of drug-likeness (QED) is 0.237. The van der Waals surface area contributed by atoms with Crippen molar-refractivity contribution >= 4 is 20.1 Å². The van der Waals surface area contributed by atoms with E-state index >= 15 is 0 Å². The fourth-order valence-electron chi connectivity index (χ4n) is 5.16. The van der Waals surface area contributed by atoms with E-state index in [1.165, 1.54) is 0 Å². The number of nitrogens with zero attached hydrogens (tertiary/aromatic N) is 1. The summed E-state index contributed by atoms with van der Waals surface area (Å²) in [4.78, 5) is 28.0. The van der Waals surface area contributed by atoms with Crippen LogP contribution in [0.25, 0.3) is 0 Å². The van der Waals surface area contributed by atoms with Gasteiger partial charge in [-0.2, -0.15) is 0 Å². The predicted octanol–water partition coefficient (Wildman–Crippen LogP) is 5.29. The van der Waals surface area contributed by atoms with Crippen LogP contribution in [0, 0.1) is 5.92 Å². The number of rotatable bonds is 16. The smallest absolute Gasteiger partial charge is 0.224 e. The Balaban J connectivity index is 3.05. The van der Waals surface area contributed by atoms with Gasteiger partial charge in [0.15, 0.2) is 8.32 Å². The second-order valence-electron chi connectivity index (χ2n) is 10.5. The molecule has 1 aromatic carbocycles. The summed E-state index contributed by atoms with van der Waals surface area (Å²) < 4.78 is 6.72. The van der Waals surface area contributed by atoms with Crippen LogP contribution >= 0.6 is 0 Å². The lowest BCUT2D eigenvalue weighted by atomic mass is 9.98. The number of hydrogen-bond acceptors (Lipinski definition) is 4. The topological polar surface area (TPSA) is 78.9 Å². The van der Waals surface area contributed by atoms with Gasteiger partial charge in [0.05, 0.1) is 19.1 Å². The molecule has 0 aliphatic carbocycles. The molecule has 2 atom stereocenters. The van der Waals surface area contributed by atoms with E-state index in [0.29, 0.717) is 42.7 Å². The lowest BCUT2D eigenvalue weighted by molar-refractivity contribution is -0.137. The lowest BCUT2D eigenvalue weighted by Crippen LogP contribution is -2.49. The van der Waals surface area contributed by atoms with E-state index in [0.717, 1.165) is 5.56 Å². The highest BCUT2D eigenvalue weighted by Crippen LogP contribution is 2.42. The molecule has 0 aromatic heterocycles. The Morgan fingerprint density at radius 1 is 1.06 bits per heavy atom. The van der Waals surface area contributed by atoms with Crippen molar-refractivity contribution in [2.45, 2.75) is 90.5 Å². The fraction of sp³-hybridized carbons (Fsp3) is 0.643. The largest absolute Gasteiger partial charge is 0.414 e. The summed E-state index contributed by atoms with van der Waals surface area (Å²) in [6.07, 6.45) is 2.15. The first-order valence-electron chi connectivity index (χ1n) is 13.0. The summed E-state index contributed by atoms with van der Waals surface area (Å²) in [5, 5.41) is 12.1. The van der Waals surface area contributed by atoms with Gasteiger partial charge in [-0.05, 0) is 35.5 Å². The number of amides is 2. The summed E-state index contributed by atoms with van der Waals surface area (Å²) >= 11 is 0. The number of carbonyl (C=O) groups excluding carboxylic acids is 2. The molecule has 0 radical (unpaired) electrons. The Labute approximate surface area is 214 Å². The molecule has 0 bridgehead atoms. The van der Waals surface area contributed by atoms with Crippen molar-refractivity contribution in [2.24, 2.45) is 5.92 Å². The molecule has 0 aliphatic heterocycles. The van der Waals surface area contributed by atoms with Crippen LogP contribution < -0.4 is 5.32 Å². The van der Waals surface area contributed by atoms with E-state index in [-0.39, 0.29) is 30.9 Å². The first-order chi connectivity index (χ1) is 16.5. The zero-order valence-corrected chi connectivity index (χ0v) is 23.9. The molecule has 1 aromatic rings. The maximum atomic E-state index is 13.5. The SMILES string of the molecule is C=CC[C@@H](CC(=O)N(CCO[Si](C(C)C)(C(C)C)C(C)C)Cc1ccccc1)C(=O)N[C@@H](C)CO. The van der Waals surface area contributed by atoms with Crippen LogP contribution in [0.4, 0.5) is 0 Å². The third-order valence-electron chi connectivity index (χ3n) is 6.89. The number of aliphatic hydroxyl groups excluding tert-OH is 1. The third kappa shape index (κ3) is 9.20. The maximum Gasteiger partial charge on any atom is 0.224 e. The van der Waals surface area contributed by atoms with E-state index in [2.05, 4.69) is 53.4 Å². The number of carbonyl (C=O) groups is 2. The Hall–Kier alpha value is -1.96. The average Bonchev–Trinajstić information content (AvgIpc) is 2.80. The molecule has 0 heterocycles. The molecule has 6 nitrogen and oxygen atoms in total. The summed E-state index contributed by atoms with van der Waals surface area (Å²) in [6, 6.07) is 9.54. The summed E-state index contributed by atoms with van der Waals surface area (Å²) in [7, 11) is -2.05. The van der Waals surface area contributed by atoms with E-state index in [1.54, 1.807) is 13.0 Å². The number of nitrogens with one attached hydrogen (secondary N) is 1. The minimum absolute atomic E-state index is 0.0815. The Kier molecular flexibility index (Phi) is 13.5. The van der Waals surface area contributed by atoms with E-state index in [4.69, 9.17) is 4.43 Å². The van der Waals surface area contributed by atoms with Gasteiger partial charge in [-0.15, -0.1) is 6.58 Å². The first-order valence-corrected chi connectivity index (χ1v) is 15.1. The van der Waals surface area contributed by atoms with Crippen LogP contribution in [-0.2, 0) is 20.6 Å². The molecule has 0 aliphatic rings. The highest BCUT2D eigenvalue weighted by Gasteiger charge is 2.45. The van der Waals surface area contributed by atoms with Crippen molar-refractivity contribution < 1.29 is 19.1 Å². The van der Waals surface area contributed by atoms with Gasteiger partial charge in [0.1, 0.15) is 0 Å². The monoisotopic (exact) mass is 504 g/mol. The second-order valence-corrected chi connectivity index (χ2v) is 15.9. The molecule has 0 fully saturated rings. The van der Waals surface area contributed by atoms with Crippen LogP contribution in [0.15, 0.2) is 43.0 Å².